The Labute approximate surface area is 156 Å². The first-order chi connectivity index (χ1) is 12.1. The van der Waals surface area contributed by atoms with Gasteiger partial charge in [0.25, 0.3) is 11.4 Å². The maximum absolute atomic E-state index is 10.6. The summed E-state index contributed by atoms with van der Waals surface area (Å²) >= 11 is 0. The Kier molecular flexibility index (Phi) is 9.09. The number of rotatable bonds is 5. The van der Waals surface area contributed by atoms with E-state index in [9.17, 15) is 25.0 Å². The van der Waals surface area contributed by atoms with Crippen LogP contribution in [0.15, 0.2) is 36.4 Å². The van der Waals surface area contributed by atoms with Gasteiger partial charge in [0.05, 0.1) is 9.85 Å². The van der Waals surface area contributed by atoms with E-state index in [1.54, 1.807) is 12.1 Å². The third-order valence-electron chi connectivity index (χ3n) is 3.18. The molecule has 0 radical (unpaired) electrons. The smallest absolute Gasteiger partial charge is 0.292 e. The number of benzene rings is 2. The highest BCUT2D eigenvalue weighted by molar-refractivity contribution is 5.78. The molecule has 0 aromatic heterocycles. The highest BCUT2D eigenvalue weighted by Crippen LogP contribution is 2.23. The summed E-state index contributed by atoms with van der Waals surface area (Å²) in [5.74, 6) is 0. The van der Waals surface area contributed by atoms with Crippen molar-refractivity contribution >= 4 is 29.0 Å². The number of hydrogen-bond acceptors (Lipinski definition) is 8. The summed E-state index contributed by atoms with van der Waals surface area (Å²) < 4.78 is 0. The van der Waals surface area contributed by atoms with E-state index in [1.165, 1.54) is 18.2 Å². The van der Waals surface area contributed by atoms with Gasteiger partial charge in [0.2, 0.25) is 0 Å². The molecule has 2 rings (SSSR count). The average Bonchev–Trinajstić information content (AvgIpc) is 2.56. The lowest BCUT2D eigenvalue weighted by atomic mass is 10.1. The summed E-state index contributed by atoms with van der Waals surface area (Å²) in [7, 11) is 3.81. The molecular weight excluding hydrogens is 354 g/mol. The van der Waals surface area contributed by atoms with Crippen LogP contribution < -0.4 is 11.5 Å². The molecule has 0 fully saturated rings. The number of hydrogen-bond donors (Lipinski definition) is 2. The van der Waals surface area contributed by atoms with Gasteiger partial charge in [-0.2, -0.15) is 0 Å². The molecule has 0 aliphatic heterocycles. The molecule has 0 spiro atoms. The third-order valence-corrected chi connectivity index (χ3v) is 3.18. The minimum Gasteiger partial charge on any atom is -0.393 e. The van der Waals surface area contributed by atoms with Crippen LogP contribution in [0.1, 0.15) is 23.3 Å². The van der Waals surface area contributed by atoms with E-state index in [0.29, 0.717) is 12.8 Å². The predicted molar refractivity (Wildman–Crippen MR) is 105 cm³/mol. The molecule has 0 bridgehead atoms. The predicted octanol–water partition coefficient (Wildman–Crippen LogP) is 2.86. The first-order valence-electron chi connectivity index (χ1n) is 7.32. The maximum Gasteiger partial charge on any atom is 0.292 e. The van der Waals surface area contributed by atoms with E-state index in [4.69, 9.17) is 11.5 Å². The minimum absolute atomic E-state index is 0. The number of nitrogens with zero attached hydrogens (tertiary/aromatic N) is 3. The van der Waals surface area contributed by atoms with Crippen LogP contribution in [0.4, 0.5) is 22.7 Å². The lowest BCUT2D eigenvalue weighted by Gasteiger charge is -2.09. The fraction of sp³-hybridized carbons (Fsp3) is 0.235. The molecule has 10 heteroatoms. The van der Waals surface area contributed by atoms with E-state index in [2.05, 4.69) is 0 Å². The van der Waals surface area contributed by atoms with Crippen molar-refractivity contribution in [3.63, 3.8) is 0 Å². The number of nitrogens with two attached hydrogens (primary N) is 2. The fourth-order valence-electron chi connectivity index (χ4n) is 2.00. The molecule has 0 amide bonds. The maximum atomic E-state index is 10.6. The van der Waals surface area contributed by atoms with Gasteiger partial charge in [-0.25, -0.2) is 0 Å². The summed E-state index contributed by atoms with van der Waals surface area (Å²) in [6.07, 6.45) is 0.534. The van der Waals surface area contributed by atoms with Crippen LogP contribution in [0.2, 0.25) is 0 Å². The zero-order valence-electron chi connectivity index (χ0n) is 14.3. The van der Waals surface area contributed by atoms with Gasteiger partial charge in [-0.3, -0.25) is 25.0 Å². The summed E-state index contributed by atoms with van der Waals surface area (Å²) in [6, 6.07) is 8.77. The number of carbonyl (C=O) groups excluding carboxylic acids is 1. The van der Waals surface area contributed by atoms with Gasteiger partial charge < -0.3 is 16.4 Å². The number of anilines is 2. The van der Waals surface area contributed by atoms with E-state index in [1.807, 2.05) is 19.0 Å². The zero-order chi connectivity index (χ0) is 19.9. The molecule has 0 saturated heterocycles. The molecule has 0 heterocycles. The van der Waals surface area contributed by atoms with Crippen LogP contribution in [0.5, 0.6) is 0 Å². The van der Waals surface area contributed by atoms with E-state index in [-0.39, 0.29) is 35.7 Å². The molecule has 2 aromatic carbocycles. The van der Waals surface area contributed by atoms with Crippen LogP contribution in [-0.2, 0) is 6.54 Å². The number of nitro benzene ring substituents is 2. The van der Waals surface area contributed by atoms with Gasteiger partial charge in [0.1, 0.15) is 17.7 Å². The topological polar surface area (TPSA) is 159 Å². The second-order valence-corrected chi connectivity index (χ2v) is 5.58. The Morgan fingerprint density at radius 1 is 0.963 bits per heavy atom. The van der Waals surface area contributed by atoms with Crippen LogP contribution in [0.3, 0.4) is 0 Å². The van der Waals surface area contributed by atoms with E-state index >= 15 is 0 Å². The van der Waals surface area contributed by atoms with Gasteiger partial charge in [-0.1, -0.05) is 13.5 Å². The minimum atomic E-state index is -0.623. The average molecular weight is 377 g/mol. The molecule has 146 valence electrons. The lowest BCUT2D eigenvalue weighted by molar-refractivity contribution is -0.384. The van der Waals surface area contributed by atoms with Crippen molar-refractivity contribution in [1.29, 1.82) is 0 Å². The van der Waals surface area contributed by atoms with Crippen molar-refractivity contribution < 1.29 is 14.6 Å². The van der Waals surface area contributed by atoms with Crippen molar-refractivity contribution in [1.82, 2.24) is 4.90 Å². The molecule has 0 aliphatic rings. The van der Waals surface area contributed by atoms with E-state index < -0.39 is 9.85 Å². The normalized spacial score (nSPS) is 9.59. The van der Waals surface area contributed by atoms with Crippen LogP contribution in [0.25, 0.3) is 0 Å². The van der Waals surface area contributed by atoms with Crippen LogP contribution >= 0.6 is 0 Å². The molecule has 2 aromatic rings. The summed E-state index contributed by atoms with van der Waals surface area (Å²) in [4.78, 5) is 32.0. The lowest BCUT2D eigenvalue weighted by Crippen LogP contribution is -2.11. The second-order valence-electron chi connectivity index (χ2n) is 5.58. The molecule has 0 unspecified atom stereocenters. The largest absolute Gasteiger partial charge is 0.393 e. The van der Waals surface area contributed by atoms with Crippen LogP contribution in [-0.4, -0.2) is 35.1 Å². The monoisotopic (exact) mass is 377 g/mol. The molecule has 0 saturated carbocycles. The zero-order valence-corrected chi connectivity index (χ0v) is 14.3. The summed E-state index contributed by atoms with van der Waals surface area (Å²) in [5.41, 5.74) is 11.9. The molecule has 10 nitrogen and oxygen atoms in total. The van der Waals surface area contributed by atoms with E-state index in [0.717, 1.165) is 11.6 Å². The third kappa shape index (κ3) is 7.08. The molecule has 0 aliphatic carbocycles. The Morgan fingerprint density at radius 3 is 1.89 bits per heavy atom. The van der Waals surface area contributed by atoms with Gasteiger partial charge in [0.15, 0.2) is 0 Å². The molecule has 27 heavy (non-hydrogen) atoms. The number of aldehydes is 1. The highest BCUT2D eigenvalue weighted by atomic mass is 16.6. The standard InChI is InChI=1S/C9H13N3O2.C7H6N2O3.CH4/c1-11(2)6-7-3-4-8(10)9(5-7)12(13)14;8-6-2-1-5(4-10)3-7(6)9(11)12;/h3-5H,6,10H2,1-2H3;1-4H,8H2;1H4. The van der Waals surface area contributed by atoms with Gasteiger partial charge in [-0.05, 0) is 37.9 Å². The second kappa shape index (κ2) is 10.5. The summed E-state index contributed by atoms with van der Waals surface area (Å²) in [5, 5.41) is 20.9. The Balaban J connectivity index is 0.000000488. The summed E-state index contributed by atoms with van der Waals surface area (Å²) in [6.45, 7) is 0.668. The van der Waals surface area contributed by atoms with Crippen molar-refractivity contribution in [2.24, 2.45) is 0 Å². The number of nitrogen functional groups attached to an aromatic ring is 2. The first-order valence-corrected chi connectivity index (χ1v) is 7.32. The molecular formula is C17H23N5O5. The SMILES string of the molecule is C.CN(C)Cc1ccc(N)c([N+](=O)[O-])c1.Nc1ccc(C=O)cc1[N+](=O)[O-]. The molecule has 0 atom stereocenters. The van der Waals surface area contributed by atoms with Crippen molar-refractivity contribution in [2.75, 3.05) is 25.6 Å². The van der Waals surface area contributed by atoms with Gasteiger partial charge in [-0.15, -0.1) is 0 Å². The van der Waals surface area contributed by atoms with Crippen LogP contribution in [0, 0.1) is 20.2 Å². The Morgan fingerprint density at radius 2 is 1.44 bits per heavy atom. The fourth-order valence-corrected chi connectivity index (χ4v) is 2.00. The first kappa shape index (κ1) is 23.5. The highest BCUT2D eigenvalue weighted by Gasteiger charge is 2.12. The van der Waals surface area contributed by atoms with Crippen molar-refractivity contribution in [2.45, 2.75) is 14.0 Å². The molecule has 4 N–H and O–H groups in total. The van der Waals surface area contributed by atoms with Gasteiger partial charge in [0, 0.05) is 24.2 Å². The quantitative estimate of drug-likeness (QED) is 0.348. The Bertz CT molecular complexity index is 823. The van der Waals surface area contributed by atoms with Crippen molar-refractivity contribution in [3.8, 4) is 0 Å². The number of nitro groups is 2. The number of carbonyl (C=O) groups is 1. The Hall–Kier alpha value is -3.53. The van der Waals surface area contributed by atoms with Crippen molar-refractivity contribution in [3.05, 3.63) is 67.8 Å². The van der Waals surface area contributed by atoms with Gasteiger partial charge >= 0.3 is 0 Å².